The van der Waals surface area contributed by atoms with Crippen LogP contribution in [0.15, 0.2) is 30.3 Å². The molecule has 0 bridgehead atoms. The van der Waals surface area contributed by atoms with Gasteiger partial charge in [-0.25, -0.2) is 4.79 Å². The molecule has 2 N–H and O–H groups in total. The number of ether oxygens (including phenoxy) is 2. The maximum atomic E-state index is 11.9. The third-order valence-electron chi connectivity index (χ3n) is 3.38. The third kappa shape index (κ3) is 2.10. The summed E-state index contributed by atoms with van der Waals surface area (Å²) >= 11 is 0. The van der Waals surface area contributed by atoms with E-state index in [1.807, 2.05) is 30.3 Å². The monoisotopic (exact) mass is 263 g/mol. The molecule has 0 aliphatic carbocycles. The van der Waals surface area contributed by atoms with E-state index in [0.717, 1.165) is 5.56 Å². The molecule has 1 aromatic rings. The van der Waals surface area contributed by atoms with Crippen LogP contribution in [0.25, 0.3) is 0 Å². The van der Waals surface area contributed by atoms with E-state index in [0.29, 0.717) is 6.42 Å². The number of carbonyl (C=O) groups is 2. The van der Waals surface area contributed by atoms with Crippen molar-refractivity contribution in [3.05, 3.63) is 35.9 Å². The van der Waals surface area contributed by atoms with Crippen LogP contribution in [0.2, 0.25) is 0 Å². The molecule has 0 aromatic heterocycles. The molecule has 5 nitrogen and oxygen atoms in total. The van der Waals surface area contributed by atoms with Gasteiger partial charge in [-0.2, -0.15) is 0 Å². The fourth-order valence-corrected chi connectivity index (χ4v) is 2.36. The highest BCUT2D eigenvalue weighted by atomic mass is 16.7. The molecule has 0 radical (unpaired) electrons. The average molecular weight is 263 g/mol. The van der Waals surface area contributed by atoms with E-state index in [1.54, 1.807) is 13.8 Å². The summed E-state index contributed by atoms with van der Waals surface area (Å²) in [4.78, 5) is 23.5. The van der Waals surface area contributed by atoms with Crippen LogP contribution in [0.4, 0.5) is 0 Å². The van der Waals surface area contributed by atoms with Gasteiger partial charge in [-0.15, -0.1) is 0 Å². The van der Waals surface area contributed by atoms with Crippen molar-refractivity contribution in [3.8, 4) is 0 Å². The molecular formula is C14H17NO4. The van der Waals surface area contributed by atoms with Gasteiger partial charge in [0.15, 0.2) is 0 Å². The number of nitrogens with two attached hydrogens (primary N) is 1. The number of hydrogen-bond donors (Lipinski definition) is 1. The molecule has 0 unspecified atom stereocenters. The Labute approximate surface area is 111 Å². The summed E-state index contributed by atoms with van der Waals surface area (Å²) in [6.45, 7) is 3.55. The summed E-state index contributed by atoms with van der Waals surface area (Å²) in [5, 5.41) is 0. The van der Waals surface area contributed by atoms with Crippen molar-refractivity contribution in [2.45, 2.75) is 31.5 Å². The Morgan fingerprint density at radius 3 is 2.47 bits per heavy atom. The lowest BCUT2D eigenvalue weighted by Crippen LogP contribution is -2.46. The van der Waals surface area contributed by atoms with E-state index < -0.39 is 23.1 Å². The second-order valence-corrected chi connectivity index (χ2v) is 4.76. The minimum Gasteiger partial charge on any atom is -0.463 e. The molecule has 1 aliphatic heterocycles. The van der Waals surface area contributed by atoms with Gasteiger partial charge in [0.25, 0.3) is 11.5 Å². The highest BCUT2D eigenvalue weighted by Gasteiger charge is 2.77. The van der Waals surface area contributed by atoms with Crippen LogP contribution in [-0.2, 0) is 25.5 Å². The lowest BCUT2D eigenvalue weighted by atomic mass is 9.88. The highest BCUT2D eigenvalue weighted by Crippen LogP contribution is 2.50. The summed E-state index contributed by atoms with van der Waals surface area (Å²) in [7, 11) is 0. The van der Waals surface area contributed by atoms with Crippen LogP contribution < -0.4 is 5.73 Å². The minimum atomic E-state index is -1.65. The van der Waals surface area contributed by atoms with Crippen molar-refractivity contribution in [2.24, 2.45) is 5.73 Å². The van der Waals surface area contributed by atoms with Gasteiger partial charge >= 0.3 is 5.97 Å². The van der Waals surface area contributed by atoms with Crippen molar-refractivity contribution >= 4 is 11.9 Å². The van der Waals surface area contributed by atoms with E-state index in [4.69, 9.17) is 15.2 Å². The first-order valence-electron chi connectivity index (χ1n) is 6.17. The van der Waals surface area contributed by atoms with Crippen LogP contribution in [0.3, 0.4) is 0 Å². The van der Waals surface area contributed by atoms with E-state index >= 15 is 0 Å². The zero-order chi connectivity index (χ0) is 14.1. The Morgan fingerprint density at radius 2 is 1.95 bits per heavy atom. The van der Waals surface area contributed by atoms with Crippen molar-refractivity contribution in [2.75, 3.05) is 6.61 Å². The SMILES string of the molecule is CCOC(=O)[C@]1(C(N)=O)O[C@@]1(C)Cc1ccccc1. The second kappa shape index (κ2) is 4.66. The van der Waals surface area contributed by atoms with Crippen LogP contribution in [-0.4, -0.2) is 29.7 Å². The molecule has 0 saturated carbocycles. The Bertz CT molecular complexity index is 501. The van der Waals surface area contributed by atoms with Crippen LogP contribution >= 0.6 is 0 Å². The van der Waals surface area contributed by atoms with Crippen LogP contribution in [0.5, 0.6) is 0 Å². The molecule has 1 heterocycles. The second-order valence-electron chi connectivity index (χ2n) is 4.76. The topological polar surface area (TPSA) is 81.9 Å². The largest absolute Gasteiger partial charge is 0.463 e. The molecule has 1 fully saturated rings. The maximum Gasteiger partial charge on any atom is 0.351 e. The molecule has 102 valence electrons. The van der Waals surface area contributed by atoms with E-state index in [2.05, 4.69) is 0 Å². The standard InChI is InChI=1S/C14H17NO4/c1-3-18-12(17)14(11(15)16)13(2,19-14)9-10-7-5-4-6-8-10/h4-8H,3,9H2,1-2H3,(H2,15,16)/t13-,14-/m0/s1. The van der Waals surface area contributed by atoms with Crippen molar-refractivity contribution in [1.29, 1.82) is 0 Å². The Kier molecular flexibility index (Phi) is 3.32. The van der Waals surface area contributed by atoms with Gasteiger partial charge in [0, 0.05) is 6.42 Å². The molecule has 0 spiro atoms. The smallest absolute Gasteiger partial charge is 0.351 e. The summed E-state index contributed by atoms with van der Waals surface area (Å²) in [5.41, 5.74) is 3.71. The molecule has 19 heavy (non-hydrogen) atoms. The first-order chi connectivity index (χ1) is 8.96. The zero-order valence-corrected chi connectivity index (χ0v) is 11.0. The molecule has 2 atom stereocenters. The van der Waals surface area contributed by atoms with Gasteiger partial charge in [-0.3, -0.25) is 4.79 Å². The highest BCUT2D eigenvalue weighted by molar-refractivity contribution is 6.10. The molecule has 1 saturated heterocycles. The lowest BCUT2D eigenvalue weighted by molar-refractivity contribution is -0.153. The number of esters is 1. The normalized spacial score (nSPS) is 28.7. The third-order valence-corrected chi connectivity index (χ3v) is 3.38. The molecule has 1 aliphatic rings. The first kappa shape index (κ1) is 13.5. The summed E-state index contributed by atoms with van der Waals surface area (Å²) < 4.78 is 10.3. The fourth-order valence-electron chi connectivity index (χ4n) is 2.36. The molecular weight excluding hydrogens is 246 g/mol. The number of rotatable bonds is 5. The van der Waals surface area contributed by atoms with E-state index in [1.165, 1.54) is 0 Å². The molecule has 5 heteroatoms. The fraction of sp³-hybridized carbons (Fsp3) is 0.429. The van der Waals surface area contributed by atoms with Gasteiger partial charge in [0.1, 0.15) is 5.60 Å². The number of amides is 1. The Morgan fingerprint density at radius 1 is 1.32 bits per heavy atom. The number of primary amides is 1. The van der Waals surface area contributed by atoms with Gasteiger partial charge in [0.05, 0.1) is 6.61 Å². The van der Waals surface area contributed by atoms with Gasteiger partial charge in [-0.1, -0.05) is 30.3 Å². The first-order valence-corrected chi connectivity index (χ1v) is 6.17. The minimum absolute atomic E-state index is 0.179. The zero-order valence-electron chi connectivity index (χ0n) is 11.0. The molecule has 1 amide bonds. The molecule has 2 rings (SSSR count). The number of benzene rings is 1. The Balaban J connectivity index is 2.22. The van der Waals surface area contributed by atoms with E-state index in [9.17, 15) is 9.59 Å². The van der Waals surface area contributed by atoms with Crippen molar-refractivity contribution in [1.82, 2.24) is 0 Å². The number of hydrogen-bond acceptors (Lipinski definition) is 4. The lowest BCUT2D eigenvalue weighted by Gasteiger charge is -2.13. The van der Waals surface area contributed by atoms with Gasteiger partial charge in [-0.05, 0) is 19.4 Å². The quantitative estimate of drug-likeness (QED) is 0.484. The van der Waals surface area contributed by atoms with Gasteiger partial charge < -0.3 is 15.2 Å². The van der Waals surface area contributed by atoms with Crippen molar-refractivity contribution in [3.63, 3.8) is 0 Å². The van der Waals surface area contributed by atoms with E-state index in [-0.39, 0.29) is 6.61 Å². The maximum absolute atomic E-state index is 11.9. The van der Waals surface area contributed by atoms with Gasteiger partial charge in [0.2, 0.25) is 0 Å². The van der Waals surface area contributed by atoms with Crippen LogP contribution in [0.1, 0.15) is 19.4 Å². The average Bonchev–Trinajstić information content (AvgIpc) is 2.98. The summed E-state index contributed by atoms with van der Waals surface area (Å²) in [6, 6.07) is 9.48. The van der Waals surface area contributed by atoms with Crippen LogP contribution in [0, 0.1) is 0 Å². The number of carbonyl (C=O) groups excluding carboxylic acids is 2. The Hall–Kier alpha value is -1.88. The molecule has 1 aromatic carbocycles. The van der Waals surface area contributed by atoms with Crippen molar-refractivity contribution < 1.29 is 19.1 Å². The number of epoxide rings is 1. The predicted octanol–water partition coefficient (Wildman–Crippen LogP) is 0.805. The summed E-state index contributed by atoms with van der Waals surface area (Å²) in [5.74, 6) is -1.51. The predicted molar refractivity (Wildman–Crippen MR) is 68.2 cm³/mol. The summed E-state index contributed by atoms with van der Waals surface area (Å²) in [6.07, 6.45) is 0.426.